The van der Waals surface area contributed by atoms with E-state index >= 15 is 0 Å². The van der Waals surface area contributed by atoms with Crippen molar-refractivity contribution in [3.05, 3.63) is 0 Å². The highest BCUT2D eigenvalue weighted by Gasteiger charge is 2.36. The molecule has 1 aliphatic heterocycles. The average molecular weight is 264 g/mol. The normalized spacial score (nSPS) is 23.5. The third-order valence-corrected chi connectivity index (χ3v) is 5.61. The molecule has 1 N–H and O–H groups in total. The second-order valence-electron chi connectivity index (χ2n) is 4.75. The van der Waals surface area contributed by atoms with Crippen molar-refractivity contribution in [2.75, 3.05) is 19.7 Å². The van der Waals surface area contributed by atoms with Crippen molar-refractivity contribution in [2.24, 2.45) is 0 Å². The fourth-order valence-corrected chi connectivity index (χ4v) is 4.43. The molecule has 0 saturated carbocycles. The first-order chi connectivity index (χ1) is 7.95. The van der Waals surface area contributed by atoms with E-state index in [1.54, 1.807) is 0 Å². The van der Waals surface area contributed by atoms with E-state index in [9.17, 15) is 13.5 Å². The summed E-state index contributed by atoms with van der Waals surface area (Å²) >= 11 is 0. The summed E-state index contributed by atoms with van der Waals surface area (Å²) in [4.78, 5) is 0. The zero-order chi connectivity index (χ0) is 13.1. The zero-order valence-electron chi connectivity index (χ0n) is 11.0. The third-order valence-electron chi connectivity index (χ3n) is 3.26. The molecule has 0 aromatic rings. The van der Waals surface area contributed by atoms with Gasteiger partial charge in [0.2, 0.25) is 0 Å². The molecule has 17 heavy (non-hydrogen) atoms. The summed E-state index contributed by atoms with van der Waals surface area (Å²) in [5, 5.41) is 9.29. The number of aliphatic hydroxyl groups is 1. The molecule has 0 amide bonds. The molecule has 1 atom stereocenters. The lowest BCUT2D eigenvalue weighted by molar-refractivity contribution is 0.146. The molecular formula is C11H24N2O3S. The molecule has 1 saturated heterocycles. The minimum atomic E-state index is -3.43. The van der Waals surface area contributed by atoms with Gasteiger partial charge in [0.25, 0.3) is 10.2 Å². The van der Waals surface area contributed by atoms with Crippen LogP contribution in [0.2, 0.25) is 0 Å². The first-order valence-corrected chi connectivity index (χ1v) is 7.74. The molecule has 0 bridgehead atoms. The zero-order valence-corrected chi connectivity index (χ0v) is 11.8. The van der Waals surface area contributed by atoms with Gasteiger partial charge in [-0.05, 0) is 26.7 Å². The van der Waals surface area contributed by atoms with E-state index in [0.717, 1.165) is 19.3 Å². The fourth-order valence-electron chi connectivity index (χ4n) is 2.39. The first kappa shape index (κ1) is 14.9. The van der Waals surface area contributed by atoms with Crippen molar-refractivity contribution in [2.45, 2.75) is 52.1 Å². The molecule has 0 aromatic carbocycles. The van der Waals surface area contributed by atoms with E-state index in [2.05, 4.69) is 0 Å². The summed E-state index contributed by atoms with van der Waals surface area (Å²) in [5.41, 5.74) is 0. The van der Waals surface area contributed by atoms with Gasteiger partial charge in [-0.1, -0.05) is 13.3 Å². The molecule has 1 unspecified atom stereocenters. The topological polar surface area (TPSA) is 60.9 Å². The lowest BCUT2D eigenvalue weighted by atomic mass is 10.1. The van der Waals surface area contributed by atoms with Crippen molar-refractivity contribution < 1.29 is 13.5 Å². The molecule has 0 spiro atoms. The molecule has 5 nitrogen and oxygen atoms in total. The number of aliphatic hydroxyl groups excluding tert-OH is 1. The third kappa shape index (κ3) is 3.19. The van der Waals surface area contributed by atoms with Crippen LogP contribution in [0.5, 0.6) is 0 Å². The minimum Gasteiger partial charge on any atom is -0.395 e. The van der Waals surface area contributed by atoms with E-state index < -0.39 is 10.2 Å². The summed E-state index contributed by atoms with van der Waals surface area (Å²) < 4.78 is 27.9. The van der Waals surface area contributed by atoms with Crippen LogP contribution in [0.4, 0.5) is 0 Å². The SMILES string of the molecule is CCN(C(C)C)S(=O)(=O)N1CCCCC1CO. The van der Waals surface area contributed by atoms with E-state index in [1.165, 1.54) is 8.61 Å². The Balaban J connectivity index is 2.94. The van der Waals surface area contributed by atoms with E-state index in [-0.39, 0.29) is 18.7 Å². The van der Waals surface area contributed by atoms with Crippen LogP contribution in [0.15, 0.2) is 0 Å². The molecule has 1 fully saturated rings. The summed E-state index contributed by atoms with van der Waals surface area (Å²) in [7, 11) is -3.43. The Morgan fingerprint density at radius 3 is 2.53 bits per heavy atom. The van der Waals surface area contributed by atoms with Crippen LogP contribution in [0.25, 0.3) is 0 Å². The van der Waals surface area contributed by atoms with Crippen molar-refractivity contribution in [1.29, 1.82) is 0 Å². The van der Waals surface area contributed by atoms with Gasteiger partial charge in [-0.3, -0.25) is 0 Å². The van der Waals surface area contributed by atoms with Crippen molar-refractivity contribution >= 4 is 10.2 Å². The van der Waals surface area contributed by atoms with Crippen molar-refractivity contribution in [3.8, 4) is 0 Å². The Kier molecular flexibility index (Phi) is 5.37. The molecule has 1 rings (SSSR count). The fraction of sp³-hybridized carbons (Fsp3) is 1.00. The lowest BCUT2D eigenvalue weighted by Gasteiger charge is -2.38. The van der Waals surface area contributed by atoms with Crippen LogP contribution >= 0.6 is 0 Å². The minimum absolute atomic E-state index is 0.0498. The van der Waals surface area contributed by atoms with Gasteiger partial charge in [0.05, 0.1) is 6.61 Å². The van der Waals surface area contributed by atoms with Crippen LogP contribution < -0.4 is 0 Å². The van der Waals surface area contributed by atoms with Crippen LogP contribution in [0.3, 0.4) is 0 Å². The Morgan fingerprint density at radius 1 is 1.41 bits per heavy atom. The maximum absolute atomic E-state index is 12.5. The number of nitrogens with zero attached hydrogens (tertiary/aromatic N) is 2. The molecule has 1 aliphatic rings. The predicted octanol–water partition coefficient (Wildman–Crippen LogP) is 0.808. The summed E-state index contributed by atoms with van der Waals surface area (Å²) in [5.74, 6) is 0. The average Bonchev–Trinajstić information content (AvgIpc) is 2.29. The van der Waals surface area contributed by atoms with Gasteiger partial charge in [0, 0.05) is 25.2 Å². The molecule has 0 radical (unpaired) electrons. The summed E-state index contributed by atoms with van der Waals surface area (Å²) in [6, 6.07) is -0.298. The second kappa shape index (κ2) is 6.13. The van der Waals surface area contributed by atoms with Gasteiger partial charge in [-0.15, -0.1) is 0 Å². The Morgan fingerprint density at radius 2 is 2.06 bits per heavy atom. The van der Waals surface area contributed by atoms with Gasteiger partial charge in [-0.2, -0.15) is 17.0 Å². The largest absolute Gasteiger partial charge is 0.395 e. The van der Waals surface area contributed by atoms with Crippen LogP contribution in [0.1, 0.15) is 40.0 Å². The Bertz CT molecular complexity index is 330. The molecule has 1 heterocycles. The molecule has 102 valence electrons. The van der Waals surface area contributed by atoms with E-state index in [0.29, 0.717) is 13.1 Å². The van der Waals surface area contributed by atoms with Crippen molar-refractivity contribution in [3.63, 3.8) is 0 Å². The number of hydrogen-bond donors (Lipinski definition) is 1. The number of piperidine rings is 1. The molecule has 0 aliphatic carbocycles. The van der Waals surface area contributed by atoms with Crippen molar-refractivity contribution in [1.82, 2.24) is 8.61 Å². The highest BCUT2D eigenvalue weighted by molar-refractivity contribution is 7.86. The van der Waals surface area contributed by atoms with E-state index in [4.69, 9.17) is 0 Å². The van der Waals surface area contributed by atoms with E-state index in [1.807, 2.05) is 20.8 Å². The maximum Gasteiger partial charge on any atom is 0.282 e. The van der Waals surface area contributed by atoms with Gasteiger partial charge in [0.15, 0.2) is 0 Å². The standard InChI is InChI=1S/C11H24N2O3S/c1-4-12(10(2)3)17(15,16)13-8-6-5-7-11(13)9-14/h10-11,14H,4-9H2,1-3H3. The molecule has 6 heteroatoms. The Hall–Kier alpha value is -0.170. The smallest absolute Gasteiger partial charge is 0.282 e. The quantitative estimate of drug-likeness (QED) is 0.799. The van der Waals surface area contributed by atoms with Gasteiger partial charge >= 0.3 is 0 Å². The summed E-state index contributed by atoms with van der Waals surface area (Å²) in [6.07, 6.45) is 2.63. The number of rotatable bonds is 5. The Labute approximate surface area is 105 Å². The summed E-state index contributed by atoms with van der Waals surface area (Å²) in [6.45, 7) is 6.49. The predicted molar refractivity (Wildman–Crippen MR) is 67.9 cm³/mol. The second-order valence-corrected chi connectivity index (χ2v) is 6.58. The van der Waals surface area contributed by atoms with Crippen LogP contribution in [-0.4, -0.2) is 53.9 Å². The van der Waals surface area contributed by atoms with Gasteiger partial charge in [0.1, 0.15) is 0 Å². The maximum atomic E-state index is 12.5. The molecular weight excluding hydrogens is 240 g/mol. The van der Waals surface area contributed by atoms with Crippen LogP contribution in [0, 0.1) is 0 Å². The lowest BCUT2D eigenvalue weighted by Crippen LogP contribution is -2.53. The first-order valence-electron chi connectivity index (χ1n) is 6.34. The highest BCUT2D eigenvalue weighted by atomic mass is 32.2. The number of hydrogen-bond acceptors (Lipinski definition) is 3. The van der Waals surface area contributed by atoms with Crippen LogP contribution in [-0.2, 0) is 10.2 Å². The highest BCUT2D eigenvalue weighted by Crippen LogP contribution is 2.23. The monoisotopic (exact) mass is 264 g/mol. The van der Waals surface area contributed by atoms with Gasteiger partial charge < -0.3 is 5.11 Å². The molecule has 0 aromatic heterocycles. The van der Waals surface area contributed by atoms with Gasteiger partial charge in [-0.25, -0.2) is 0 Å².